The Kier molecular flexibility index (Phi) is 6.09. The van der Waals surface area contributed by atoms with Gasteiger partial charge >= 0.3 is 6.18 Å². The molecule has 28 heavy (non-hydrogen) atoms. The fraction of sp³-hybridized carbons (Fsp3) is 0.389. The molecule has 0 fully saturated rings. The van der Waals surface area contributed by atoms with Gasteiger partial charge in [-0.3, -0.25) is 0 Å². The number of hydrogen-bond acceptors (Lipinski definition) is 6. The summed E-state index contributed by atoms with van der Waals surface area (Å²) >= 11 is 1.43. The highest BCUT2D eigenvalue weighted by atomic mass is 32.2. The van der Waals surface area contributed by atoms with E-state index in [9.17, 15) is 18.3 Å². The molecule has 0 spiro atoms. The van der Waals surface area contributed by atoms with Crippen molar-refractivity contribution in [2.45, 2.75) is 42.8 Å². The van der Waals surface area contributed by atoms with Crippen LogP contribution in [0.4, 0.5) is 18.9 Å². The number of fused-ring (bicyclic) bond motifs is 1. The highest BCUT2D eigenvalue weighted by Crippen LogP contribution is 2.36. The zero-order chi connectivity index (χ0) is 20.3. The Balaban J connectivity index is 2.01. The second-order valence-corrected chi connectivity index (χ2v) is 7.59. The second kappa shape index (κ2) is 8.36. The van der Waals surface area contributed by atoms with Crippen LogP contribution in [0.2, 0.25) is 0 Å². The lowest BCUT2D eigenvalue weighted by Crippen LogP contribution is -2.07. The molecule has 3 aromatic heterocycles. The van der Waals surface area contributed by atoms with Gasteiger partial charge in [-0.15, -0.1) is 0 Å². The third kappa shape index (κ3) is 4.39. The predicted octanol–water partition coefficient (Wildman–Crippen LogP) is 4.26. The van der Waals surface area contributed by atoms with Crippen molar-refractivity contribution in [1.82, 2.24) is 19.9 Å². The van der Waals surface area contributed by atoms with Crippen molar-refractivity contribution in [3.05, 3.63) is 30.2 Å². The minimum absolute atomic E-state index is 0.0633. The van der Waals surface area contributed by atoms with Crippen molar-refractivity contribution in [3.8, 4) is 11.3 Å². The van der Waals surface area contributed by atoms with Crippen LogP contribution in [0.1, 0.15) is 31.7 Å². The van der Waals surface area contributed by atoms with Gasteiger partial charge in [-0.1, -0.05) is 25.1 Å². The van der Waals surface area contributed by atoms with Gasteiger partial charge in [0.15, 0.2) is 5.16 Å². The molecule has 0 amide bonds. The summed E-state index contributed by atoms with van der Waals surface area (Å²) in [6.07, 6.45) is 1.74. The number of pyridine rings is 1. The number of halogens is 3. The number of aromatic amines is 1. The van der Waals surface area contributed by atoms with Gasteiger partial charge in [0.25, 0.3) is 0 Å². The first-order valence-corrected chi connectivity index (χ1v) is 9.66. The van der Waals surface area contributed by atoms with Crippen molar-refractivity contribution >= 4 is 28.5 Å². The van der Waals surface area contributed by atoms with Crippen LogP contribution >= 0.6 is 11.8 Å². The Hall–Kier alpha value is -2.33. The van der Waals surface area contributed by atoms with Crippen LogP contribution in [0.3, 0.4) is 0 Å². The number of hydrogen-bond donors (Lipinski definition) is 3. The quantitative estimate of drug-likeness (QED) is 0.397. The maximum Gasteiger partial charge on any atom is 0.417 e. The molecule has 0 aliphatic rings. The standard InChI is InChI=1S/C18H20F3N5OS/c1-2-3-11(4-5-27)28-17-25-9-14(22)15(26-17)13-8-24-16-12(13)6-10(7-23-16)18(19,20)21/h6-9,11,27H,2-5,22H2,1H3,(H,23,24). The van der Waals surface area contributed by atoms with Crippen molar-refractivity contribution in [2.75, 3.05) is 12.3 Å². The maximum absolute atomic E-state index is 13.1. The number of nitrogens with two attached hydrogens (primary N) is 1. The zero-order valence-corrected chi connectivity index (χ0v) is 15.9. The topological polar surface area (TPSA) is 101 Å². The number of nitrogen functional groups attached to an aromatic ring is 1. The van der Waals surface area contributed by atoms with Crippen LogP contribution in [0.15, 0.2) is 29.8 Å². The van der Waals surface area contributed by atoms with E-state index < -0.39 is 11.7 Å². The first-order chi connectivity index (χ1) is 13.3. The summed E-state index contributed by atoms with van der Waals surface area (Å²) in [7, 11) is 0. The summed E-state index contributed by atoms with van der Waals surface area (Å²) in [4.78, 5) is 15.4. The molecule has 3 heterocycles. The van der Waals surface area contributed by atoms with E-state index in [1.807, 2.05) is 0 Å². The van der Waals surface area contributed by atoms with Crippen LogP contribution in [0.5, 0.6) is 0 Å². The molecule has 1 unspecified atom stereocenters. The number of aliphatic hydroxyl groups is 1. The molecule has 10 heteroatoms. The van der Waals surface area contributed by atoms with Crippen LogP contribution in [0, 0.1) is 0 Å². The minimum atomic E-state index is -4.49. The molecule has 150 valence electrons. The number of alkyl halides is 3. The summed E-state index contributed by atoms with van der Waals surface area (Å²) < 4.78 is 39.2. The highest BCUT2D eigenvalue weighted by Gasteiger charge is 2.31. The van der Waals surface area contributed by atoms with Gasteiger partial charge in [-0.2, -0.15) is 13.2 Å². The summed E-state index contributed by atoms with van der Waals surface area (Å²) in [5.41, 5.74) is 6.54. The Morgan fingerprint density at radius 3 is 2.71 bits per heavy atom. The highest BCUT2D eigenvalue weighted by molar-refractivity contribution is 7.99. The molecule has 0 bridgehead atoms. The third-order valence-electron chi connectivity index (χ3n) is 4.24. The number of H-pyrrole nitrogens is 1. The lowest BCUT2D eigenvalue weighted by Gasteiger charge is -2.14. The minimum Gasteiger partial charge on any atom is -0.396 e. The monoisotopic (exact) mass is 411 g/mol. The van der Waals surface area contributed by atoms with Crippen LogP contribution in [-0.2, 0) is 6.18 Å². The van der Waals surface area contributed by atoms with Crippen LogP contribution in [-0.4, -0.2) is 36.9 Å². The SMILES string of the molecule is CCCC(CCO)Sc1ncc(N)c(-c2c[nH]c3ncc(C(F)(F)F)cc23)n1. The first-order valence-electron chi connectivity index (χ1n) is 8.78. The Morgan fingerprint density at radius 2 is 2.04 bits per heavy atom. The Morgan fingerprint density at radius 1 is 1.25 bits per heavy atom. The van der Waals surface area contributed by atoms with Crippen LogP contribution in [0.25, 0.3) is 22.3 Å². The van der Waals surface area contributed by atoms with Gasteiger partial charge in [-0.25, -0.2) is 15.0 Å². The van der Waals surface area contributed by atoms with E-state index in [1.54, 1.807) is 6.20 Å². The fourth-order valence-electron chi connectivity index (χ4n) is 2.88. The average molecular weight is 411 g/mol. The lowest BCUT2D eigenvalue weighted by atomic mass is 10.1. The predicted molar refractivity (Wildman–Crippen MR) is 103 cm³/mol. The summed E-state index contributed by atoms with van der Waals surface area (Å²) in [6.45, 7) is 2.12. The molecule has 0 aliphatic carbocycles. The van der Waals surface area contributed by atoms with Gasteiger partial charge in [-0.05, 0) is 18.9 Å². The van der Waals surface area contributed by atoms with Gasteiger partial charge in [0, 0.05) is 35.2 Å². The van der Waals surface area contributed by atoms with E-state index in [4.69, 9.17) is 5.73 Å². The molecule has 1 atom stereocenters. The summed E-state index contributed by atoms with van der Waals surface area (Å²) in [5.74, 6) is 0. The molecule has 0 aromatic carbocycles. The van der Waals surface area contributed by atoms with Crippen LogP contribution < -0.4 is 5.73 Å². The third-order valence-corrected chi connectivity index (χ3v) is 5.45. The number of anilines is 1. The lowest BCUT2D eigenvalue weighted by molar-refractivity contribution is -0.137. The number of aliphatic hydroxyl groups excluding tert-OH is 1. The molecule has 0 saturated heterocycles. The fourth-order valence-corrected chi connectivity index (χ4v) is 4.01. The summed E-state index contributed by atoms with van der Waals surface area (Å²) in [6, 6.07) is 1.04. The molecule has 4 N–H and O–H groups in total. The van der Waals surface area contributed by atoms with Crippen molar-refractivity contribution in [1.29, 1.82) is 0 Å². The van der Waals surface area contributed by atoms with Gasteiger partial charge in [0.05, 0.1) is 23.1 Å². The van der Waals surface area contributed by atoms with E-state index in [1.165, 1.54) is 18.0 Å². The maximum atomic E-state index is 13.1. The largest absolute Gasteiger partial charge is 0.417 e. The normalized spacial score (nSPS) is 13.2. The van der Waals surface area contributed by atoms with E-state index in [-0.39, 0.29) is 22.9 Å². The van der Waals surface area contributed by atoms with Gasteiger partial charge < -0.3 is 15.8 Å². The molecule has 0 saturated carbocycles. The zero-order valence-electron chi connectivity index (χ0n) is 15.1. The number of thioether (sulfide) groups is 1. The van der Waals surface area contributed by atoms with Gasteiger partial charge in [0.1, 0.15) is 5.65 Å². The second-order valence-electron chi connectivity index (χ2n) is 6.32. The number of nitrogens with one attached hydrogen (secondary N) is 1. The molecule has 3 aromatic rings. The smallest absolute Gasteiger partial charge is 0.396 e. The molecule has 0 aliphatic heterocycles. The molecule has 0 radical (unpaired) electrons. The number of nitrogens with zero attached hydrogens (tertiary/aromatic N) is 3. The summed E-state index contributed by atoms with van der Waals surface area (Å²) in [5, 5.41) is 10.1. The Bertz CT molecular complexity index is 954. The number of aromatic nitrogens is 4. The van der Waals surface area contributed by atoms with Crippen molar-refractivity contribution in [3.63, 3.8) is 0 Å². The molecule has 3 rings (SSSR count). The number of rotatable bonds is 7. The average Bonchev–Trinajstić information content (AvgIpc) is 3.06. The first kappa shape index (κ1) is 20.4. The van der Waals surface area contributed by atoms with E-state index in [2.05, 4.69) is 26.9 Å². The van der Waals surface area contributed by atoms with Crippen molar-refractivity contribution in [2.24, 2.45) is 0 Å². The van der Waals surface area contributed by atoms with E-state index in [0.717, 1.165) is 25.1 Å². The molecule has 6 nitrogen and oxygen atoms in total. The molecular formula is C18H20F3N5OS. The van der Waals surface area contributed by atoms with E-state index >= 15 is 0 Å². The Labute approximate surface area is 163 Å². The van der Waals surface area contributed by atoms with E-state index in [0.29, 0.717) is 28.5 Å². The van der Waals surface area contributed by atoms with Crippen molar-refractivity contribution < 1.29 is 18.3 Å². The molecular weight excluding hydrogens is 391 g/mol. The van der Waals surface area contributed by atoms with Gasteiger partial charge in [0.2, 0.25) is 0 Å².